The lowest BCUT2D eigenvalue weighted by Crippen LogP contribution is -1.99. The predicted molar refractivity (Wildman–Crippen MR) is 73.6 cm³/mol. The van der Waals surface area contributed by atoms with Crippen LogP contribution in [0.5, 0.6) is 0 Å². The van der Waals surface area contributed by atoms with Crippen molar-refractivity contribution in [1.82, 2.24) is 14.8 Å². The molecule has 0 spiro atoms. The number of oxazole rings is 1. The average molecular weight is 256 g/mol. The third kappa shape index (κ3) is 1.82. The topological polar surface area (TPSA) is 69.9 Å². The van der Waals surface area contributed by atoms with E-state index in [0.717, 1.165) is 33.6 Å². The molecule has 0 saturated heterocycles. The second kappa shape index (κ2) is 4.20. The van der Waals surface area contributed by atoms with E-state index in [1.165, 1.54) is 0 Å². The van der Waals surface area contributed by atoms with Crippen molar-refractivity contribution in [3.8, 4) is 11.3 Å². The van der Waals surface area contributed by atoms with E-state index < -0.39 is 0 Å². The summed E-state index contributed by atoms with van der Waals surface area (Å²) in [5, 5.41) is 4.44. The Bertz CT molecular complexity index is 754. The van der Waals surface area contributed by atoms with Crippen molar-refractivity contribution in [2.24, 2.45) is 12.8 Å². The van der Waals surface area contributed by atoms with Gasteiger partial charge in [0, 0.05) is 26.1 Å². The quantitative estimate of drug-likeness (QED) is 0.763. The fourth-order valence-corrected chi connectivity index (χ4v) is 2.47. The highest BCUT2D eigenvalue weighted by Gasteiger charge is 2.14. The normalized spacial score (nSPS) is 11.4. The van der Waals surface area contributed by atoms with E-state index in [-0.39, 0.29) is 0 Å². The van der Waals surface area contributed by atoms with Crippen LogP contribution in [0.1, 0.15) is 17.1 Å². The number of fused-ring (bicyclic) bond motifs is 1. The van der Waals surface area contributed by atoms with Gasteiger partial charge in [-0.3, -0.25) is 4.68 Å². The molecular weight excluding hydrogens is 240 g/mol. The van der Waals surface area contributed by atoms with Gasteiger partial charge < -0.3 is 10.2 Å². The van der Waals surface area contributed by atoms with Crippen molar-refractivity contribution in [2.75, 3.05) is 0 Å². The first kappa shape index (κ1) is 11.9. The van der Waals surface area contributed by atoms with Gasteiger partial charge in [-0.25, -0.2) is 4.98 Å². The van der Waals surface area contributed by atoms with E-state index in [0.29, 0.717) is 12.4 Å². The molecule has 0 aliphatic heterocycles. The number of benzene rings is 1. The molecule has 2 heterocycles. The second-order valence-corrected chi connectivity index (χ2v) is 4.66. The molecule has 2 N–H and O–H groups in total. The zero-order valence-corrected chi connectivity index (χ0v) is 11.3. The summed E-state index contributed by atoms with van der Waals surface area (Å²) < 4.78 is 7.44. The summed E-state index contributed by atoms with van der Waals surface area (Å²) in [6, 6.07) is 6.00. The largest absolute Gasteiger partial charge is 0.441 e. The minimum atomic E-state index is 0.448. The predicted octanol–water partition coefficient (Wildman–Crippen LogP) is 2.30. The van der Waals surface area contributed by atoms with Crippen molar-refractivity contribution in [3.63, 3.8) is 0 Å². The number of nitrogens with two attached hydrogens (primary N) is 1. The molecule has 5 nitrogen and oxygen atoms in total. The van der Waals surface area contributed by atoms with Gasteiger partial charge in [0.25, 0.3) is 0 Å². The molecule has 1 aromatic carbocycles. The molecule has 3 aromatic rings. The number of aromatic nitrogens is 3. The van der Waals surface area contributed by atoms with E-state index >= 15 is 0 Å². The fourth-order valence-electron chi connectivity index (χ4n) is 2.47. The third-order valence-electron chi connectivity index (χ3n) is 3.34. The summed E-state index contributed by atoms with van der Waals surface area (Å²) in [6.45, 7) is 4.34. The Labute approximate surface area is 111 Å². The molecule has 2 aromatic heterocycles. The summed E-state index contributed by atoms with van der Waals surface area (Å²) in [5.41, 5.74) is 11.5. The van der Waals surface area contributed by atoms with E-state index in [1.807, 2.05) is 43.8 Å². The van der Waals surface area contributed by atoms with Crippen LogP contribution in [0.25, 0.3) is 22.4 Å². The first-order valence-electron chi connectivity index (χ1n) is 6.20. The monoisotopic (exact) mass is 256 g/mol. The van der Waals surface area contributed by atoms with Crippen molar-refractivity contribution in [3.05, 3.63) is 35.3 Å². The SMILES string of the molecule is Cc1nc2ccc(-c3c(C)c(CN)nn3C)cc2o1. The highest BCUT2D eigenvalue weighted by atomic mass is 16.3. The van der Waals surface area contributed by atoms with Crippen LogP contribution in [0.3, 0.4) is 0 Å². The van der Waals surface area contributed by atoms with Crippen LogP contribution in [0, 0.1) is 13.8 Å². The van der Waals surface area contributed by atoms with Gasteiger partial charge in [0.2, 0.25) is 0 Å². The van der Waals surface area contributed by atoms with E-state index in [4.69, 9.17) is 10.2 Å². The number of rotatable bonds is 2. The lowest BCUT2D eigenvalue weighted by molar-refractivity contribution is 0.561. The maximum Gasteiger partial charge on any atom is 0.192 e. The molecule has 5 heteroatoms. The summed E-state index contributed by atoms with van der Waals surface area (Å²) in [6.07, 6.45) is 0. The molecule has 0 aliphatic carbocycles. The average Bonchev–Trinajstić information content (AvgIpc) is 2.87. The molecule has 0 bridgehead atoms. The molecule has 19 heavy (non-hydrogen) atoms. The Morgan fingerprint density at radius 2 is 2.11 bits per heavy atom. The van der Waals surface area contributed by atoms with E-state index in [1.54, 1.807) is 0 Å². The summed E-state index contributed by atoms with van der Waals surface area (Å²) in [7, 11) is 1.93. The lowest BCUT2D eigenvalue weighted by atomic mass is 10.1. The van der Waals surface area contributed by atoms with Crippen LogP contribution < -0.4 is 5.73 Å². The van der Waals surface area contributed by atoms with Gasteiger partial charge in [0.1, 0.15) is 5.52 Å². The molecule has 0 aliphatic rings. The van der Waals surface area contributed by atoms with Gasteiger partial charge in [0.15, 0.2) is 11.5 Å². The number of hydrogen-bond acceptors (Lipinski definition) is 4. The van der Waals surface area contributed by atoms with Crippen molar-refractivity contribution in [1.29, 1.82) is 0 Å². The standard InChI is InChI=1S/C14H16N4O/c1-8-12(7-15)17-18(3)14(8)10-4-5-11-13(6-10)19-9(2)16-11/h4-6H,7,15H2,1-3H3. The minimum absolute atomic E-state index is 0.448. The first-order valence-corrected chi connectivity index (χ1v) is 6.20. The fraction of sp³-hybridized carbons (Fsp3) is 0.286. The molecule has 98 valence electrons. The lowest BCUT2D eigenvalue weighted by Gasteiger charge is -2.03. The number of hydrogen-bond donors (Lipinski definition) is 1. The van der Waals surface area contributed by atoms with Crippen LogP contribution in [0.15, 0.2) is 22.6 Å². The smallest absolute Gasteiger partial charge is 0.192 e. The third-order valence-corrected chi connectivity index (χ3v) is 3.34. The van der Waals surface area contributed by atoms with Gasteiger partial charge in [-0.1, -0.05) is 6.07 Å². The van der Waals surface area contributed by atoms with Gasteiger partial charge in [-0.05, 0) is 24.6 Å². The van der Waals surface area contributed by atoms with Crippen molar-refractivity contribution in [2.45, 2.75) is 20.4 Å². The highest BCUT2D eigenvalue weighted by molar-refractivity contribution is 5.80. The summed E-state index contributed by atoms with van der Waals surface area (Å²) in [4.78, 5) is 4.31. The number of nitrogens with zero attached hydrogens (tertiary/aromatic N) is 3. The maximum absolute atomic E-state index is 5.70. The van der Waals surface area contributed by atoms with E-state index in [9.17, 15) is 0 Å². The van der Waals surface area contributed by atoms with Gasteiger partial charge in [-0.15, -0.1) is 0 Å². The first-order chi connectivity index (χ1) is 9.10. The van der Waals surface area contributed by atoms with Gasteiger partial charge in [0.05, 0.1) is 11.4 Å². The minimum Gasteiger partial charge on any atom is -0.441 e. The van der Waals surface area contributed by atoms with Crippen molar-refractivity contribution < 1.29 is 4.42 Å². The summed E-state index contributed by atoms with van der Waals surface area (Å²) >= 11 is 0. The van der Waals surface area contributed by atoms with Crippen LogP contribution in [-0.2, 0) is 13.6 Å². The molecule has 3 rings (SSSR count). The van der Waals surface area contributed by atoms with Gasteiger partial charge in [-0.2, -0.15) is 5.10 Å². The number of aryl methyl sites for hydroxylation is 2. The molecular formula is C14H16N4O. The zero-order chi connectivity index (χ0) is 13.6. The second-order valence-electron chi connectivity index (χ2n) is 4.66. The maximum atomic E-state index is 5.70. The Hall–Kier alpha value is -2.14. The highest BCUT2D eigenvalue weighted by Crippen LogP contribution is 2.28. The molecule has 0 amide bonds. The Kier molecular flexibility index (Phi) is 2.64. The van der Waals surface area contributed by atoms with Crippen molar-refractivity contribution >= 4 is 11.1 Å². The Morgan fingerprint density at radius 1 is 1.32 bits per heavy atom. The van der Waals surface area contributed by atoms with E-state index in [2.05, 4.69) is 10.1 Å². The zero-order valence-electron chi connectivity index (χ0n) is 11.3. The Balaban J connectivity index is 2.21. The summed E-state index contributed by atoms with van der Waals surface area (Å²) in [5.74, 6) is 0.677. The van der Waals surface area contributed by atoms with Crippen LogP contribution in [0.4, 0.5) is 0 Å². The molecule has 0 saturated carbocycles. The molecule has 0 fully saturated rings. The molecule has 0 unspecified atom stereocenters. The van der Waals surface area contributed by atoms with Crippen LogP contribution in [0.2, 0.25) is 0 Å². The molecule has 0 atom stereocenters. The van der Waals surface area contributed by atoms with Gasteiger partial charge >= 0.3 is 0 Å². The molecule has 0 radical (unpaired) electrons. The Morgan fingerprint density at radius 3 is 2.79 bits per heavy atom. The van der Waals surface area contributed by atoms with Crippen LogP contribution >= 0.6 is 0 Å². The van der Waals surface area contributed by atoms with Crippen LogP contribution in [-0.4, -0.2) is 14.8 Å².